The maximum atomic E-state index is 12.7. The Labute approximate surface area is 114 Å². The van der Waals surface area contributed by atoms with Crippen LogP contribution in [0.15, 0.2) is 17.0 Å². The van der Waals surface area contributed by atoms with Crippen molar-refractivity contribution in [2.24, 2.45) is 0 Å². The van der Waals surface area contributed by atoms with Crippen LogP contribution >= 0.6 is 0 Å². The Hall–Kier alpha value is -1.11. The summed E-state index contributed by atoms with van der Waals surface area (Å²) < 4.78 is 32.0. The van der Waals surface area contributed by atoms with Crippen LogP contribution in [0.25, 0.3) is 0 Å². The summed E-state index contributed by atoms with van der Waals surface area (Å²) in [7, 11) is -1.92. The van der Waals surface area contributed by atoms with Gasteiger partial charge in [0.25, 0.3) is 0 Å². The summed E-state index contributed by atoms with van der Waals surface area (Å²) in [5.41, 5.74) is 7.83. The fraction of sp³-hybridized carbons (Fsp3) is 0.538. The molecule has 1 aliphatic rings. The number of hydrogen-bond donors (Lipinski definition) is 1. The molecule has 1 fully saturated rings. The molecule has 1 heterocycles. The van der Waals surface area contributed by atoms with Gasteiger partial charge in [-0.15, -0.1) is 0 Å². The van der Waals surface area contributed by atoms with Gasteiger partial charge in [-0.3, -0.25) is 0 Å². The van der Waals surface area contributed by atoms with Crippen molar-refractivity contribution in [3.8, 4) is 0 Å². The number of nitrogens with two attached hydrogens (primary N) is 1. The number of benzene rings is 1. The Balaban J connectivity index is 2.44. The molecule has 0 spiro atoms. The second kappa shape index (κ2) is 5.11. The number of aryl methyl sites for hydroxylation is 1. The molecule has 0 bridgehead atoms. The predicted octanol–water partition coefficient (Wildman–Crippen LogP) is 1.30. The van der Waals surface area contributed by atoms with Crippen LogP contribution in [0.2, 0.25) is 0 Å². The van der Waals surface area contributed by atoms with Gasteiger partial charge in [-0.1, -0.05) is 0 Å². The van der Waals surface area contributed by atoms with E-state index in [9.17, 15) is 8.42 Å². The first-order valence-electron chi connectivity index (χ1n) is 6.26. The average molecular weight is 284 g/mol. The van der Waals surface area contributed by atoms with E-state index in [1.807, 2.05) is 6.92 Å². The van der Waals surface area contributed by atoms with Gasteiger partial charge in [0.2, 0.25) is 10.0 Å². The third-order valence-corrected chi connectivity index (χ3v) is 5.66. The summed E-state index contributed by atoms with van der Waals surface area (Å²) in [6.07, 6.45) is 0.732. The lowest BCUT2D eigenvalue weighted by Crippen LogP contribution is -2.37. The van der Waals surface area contributed by atoms with E-state index in [1.165, 1.54) is 4.31 Å². The molecular weight excluding hydrogens is 264 g/mol. The van der Waals surface area contributed by atoms with Crippen molar-refractivity contribution in [1.29, 1.82) is 0 Å². The largest absolute Gasteiger partial charge is 0.398 e. The van der Waals surface area contributed by atoms with Crippen molar-refractivity contribution in [3.63, 3.8) is 0 Å². The number of sulfonamides is 1. The van der Waals surface area contributed by atoms with E-state index < -0.39 is 10.0 Å². The number of hydrogen-bond acceptors (Lipinski definition) is 4. The fourth-order valence-corrected chi connectivity index (χ4v) is 3.99. The standard InChI is InChI=1S/C13H20N2O3S/c1-9-6-12(14)10(2)13(7-9)19(16,17)15(3)11-4-5-18-8-11/h6-7,11H,4-5,8,14H2,1-3H3. The van der Waals surface area contributed by atoms with Gasteiger partial charge in [0.1, 0.15) is 0 Å². The molecule has 0 aromatic heterocycles. The van der Waals surface area contributed by atoms with Crippen LogP contribution in [0.5, 0.6) is 0 Å². The summed E-state index contributed by atoms with van der Waals surface area (Å²) >= 11 is 0. The fourth-order valence-electron chi connectivity index (χ4n) is 2.28. The van der Waals surface area contributed by atoms with E-state index >= 15 is 0 Å². The van der Waals surface area contributed by atoms with Crippen LogP contribution in [0.1, 0.15) is 17.5 Å². The molecule has 1 saturated heterocycles. The van der Waals surface area contributed by atoms with Gasteiger partial charge in [0.15, 0.2) is 0 Å². The van der Waals surface area contributed by atoms with Crippen LogP contribution in [0.3, 0.4) is 0 Å². The van der Waals surface area contributed by atoms with E-state index in [4.69, 9.17) is 10.5 Å². The first-order chi connectivity index (χ1) is 8.84. The Morgan fingerprint density at radius 1 is 1.37 bits per heavy atom. The van der Waals surface area contributed by atoms with Crippen molar-refractivity contribution >= 4 is 15.7 Å². The summed E-state index contributed by atoms with van der Waals surface area (Å²) in [5.74, 6) is 0. The van der Waals surface area contributed by atoms with Gasteiger partial charge in [-0.25, -0.2) is 8.42 Å². The monoisotopic (exact) mass is 284 g/mol. The van der Waals surface area contributed by atoms with Gasteiger partial charge >= 0.3 is 0 Å². The van der Waals surface area contributed by atoms with Crippen LogP contribution in [0.4, 0.5) is 5.69 Å². The summed E-state index contributed by atoms with van der Waals surface area (Å²) in [4.78, 5) is 0.291. The predicted molar refractivity (Wildman–Crippen MR) is 74.5 cm³/mol. The highest BCUT2D eigenvalue weighted by atomic mass is 32.2. The zero-order valence-corrected chi connectivity index (χ0v) is 12.3. The normalized spacial score (nSPS) is 20.1. The molecule has 0 aliphatic carbocycles. The molecular formula is C13H20N2O3S. The van der Waals surface area contributed by atoms with Gasteiger partial charge in [-0.2, -0.15) is 4.31 Å². The topological polar surface area (TPSA) is 72.6 Å². The number of likely N-dealkylation sites (N-methyl/N-ethyl adjacent to an activating group) is 1. The van der Waals surface area contributed by atoms with Crippen LogP contribution in [0, 0.1) is 13.8 Å². The minimum atomic E-state index is -3.52. The second-order valence-electron chi connectivity index (χ2n) is 5.02. The lowest BCUT2D eigenvalue weighted by atomic mass is 10.1. The number of rotatable bonds is 3. The first kappa shape index (κ1) is 14.3. The highest BCUT2D eigenvalue weighted by Gasteiger charge is 2.32. The van der Waals surface area contributed by atoms with Gasteiger partial charge in [0.05, 0.1) is 17.5 Å². The SMILES string of the molecule is Cc1cc(N)c(C)c(S(=O)(=O)N(C)C2CCOC2)c1. The smallest absolute Gasteiger partial charge is 0.243 e. The highest BCUT2D eigenvalue weighted by molar-refractivity contribution is 7.89. The lowest BCUT2D eigenvalue weighted by molar-refractivity contribution is 0.181. The maximum absolute atomic E-state index is 12.7. The Morgan fingerprint density at radius 3 is 2.63 bits per heavy atom. The Morgan fingerprint density at radius 2 is 2.05 bits per heavy atom. The second-order valence-corrected chi connectivity index (χ2v) is 6.98. The Bertz CT molecular complexity index is 578. The molecule has 0 radical (unpaired) electrons. The zero-order valence-electron chi connectivity index (χ0n) is 11.5. The van der Waals surface area contributed by atoms with Crippen LogP contribution < -0.4 is 5.73 Å². The lowest BCUT2D eigenvalue weighted by Gasteiger charge is -2.24. The molecule has 0 amide bonds. The first-order valence-corrected chi connectivity index (χ1v) is 7.70. The van der Waals surface area contributed by atoms with E-state index in [0.717, 1.165) is 12.0 Å². The number of ether oxygens (including phenoxy) is 1. The molecule has 1 atom stereocenters. The molecule has 2 N–H and O–H groups in total. The third-order valence-electron chi connectivity index (χ3n) is 3.62. The molecule has 6 heteroatoms. The van der Waals surface area contributed by atoms with Crippen molar-refractivity contribution < 1.29 is 13.2 Å². The third kappa shape index (κ3) is 2.61. The van der Waals surface area contributed by atoms with Crippen molar-refractivity contribution in [3.05, 3.63) is 23.3 Å². The molecule has 1 aromatic rings. The van der Waals surface area contributed by atoms with E-state index in [2.05, 4.69) is 0 Å². The van der Waals surface area contributed by atoms with Crippen LogP contribution in [-0.4, -0.2) is 39.0 Å². The average Bonchev–Trinajstić information content (AvgIpc) is 2.86. The van der Waals surface area contributed by atoms with Gasteiger partial charge < -0.3 is 10.5 Å². The Kier molecular flexibility index (Phi) is 3.85. The molecule has 5 nitrogen and oxygen atoms in total. The summed E-state index contributed by atoms with van der Waals surface area (Å²) in [5, 5.41) is 0. The summed E-state index contributed by atoms with van der Waals surface area (Å²) in [6, 6.07) is 3.37. The molecule has 0 saturated carbocycles. The molecule has 2 rings (SSSR count). The highest BCUT2D eigenvalue weighted by Crippen LogP contribution is 2.27. The van der Waals surface area contributed by atoms with Crippen molar-refractivity contribution in [2.75, 3.05) is 26.0 Å². The minimum absolute atomic E-state index is 0.0915. The van der Waals surface area contributed by atoms with E-state index in [-0.39, 0.29) is 6.04 Å². The van der Waals surface area contributed by atoms with Gasteiger partial charge in [-0.05, 0) is 43.5 Å². The van der Waals surface area contributed by atoms with Gasteiger partial charge in [0, 0.05) is 19.3 Å². The molecule has 1 unspecified atom stereocenters. The van der Waals surface area contributed by atoms with E-state index in [0.29, 0.717) is 29.4 Å². The number of nitrogens with zero attached hydrogens (tertiary/aromatic N) is 1. The van der Waals surface area contributed by atoms with Crippen molar-refractivity contribution in [2.45, 2.75) is 31.2 Å². The maximum Gasteiger partial charge on any atom is 0.243 e. The molecule has 19 heavy (non-hydrogen) atoms. The molecule has 1 aliphatic heterocycles. The minimum Gasteiger partial charge on any atom is -0.398 e. The van der Waals surface area contributed by atoms with Crippen LogP contribution in [-0.2, 0) is 14.8 Å². The summed E-state index contributed by atoms with van der Waals surface area (Å²) in [6.45, 7) is 4.64. The van der Waals surface area contributed by atoms with Crippen molar-refractivity contribution in [1.82, 2.24) is 4.31 Å². The van der Waals surface area contributed by atoms with E-state index in [1.54, 1.807) is 26.1 Å². The quantitative estimate of drug-likeness (QED) is 0.849. The molecule has 1 aromatic carbocycles. The number of anilines is 1. The zero-order chi connectivity index (χ0) is 14.2. The number of nitrogen functional groups attached to an aromatic ring is 1. The molecule has 106 valence electrons.